The molecule has 90 valence electrons. The van der Waals surface area contributed by atoms with Crippen LogP contribution in [0.3, 0.4) is 0 Å². The fourth-order valence-electron chi connectivity index (χ4n) is 1.66. The molecule has 2 aromatic rings. The van der Waals surface area contributed by atoms with E-state index in [0.29, 0.717) is 0 Å². The molecule has 17 heavy (non-hydrogen) atoms. The minimum atomic E-state index is -0.113. The zero-order chi connectivity index (χ0) is 12.3. The Bertz CT molecular complexity index is 498. The van der Waals surface area contributed by atoms with Crippen LogP contribution in [0.25, 0.3) is 0 Å². The van der Waals surface area contributed by atoms with E-state index in [1.165, 1.54) is 0 Å². The molecule has 0 fully saturated rings. The second kappa shape index (κ2) is 5.25. The molecule has 0 amide bonds. The predicted octanol–water partition coefficient (Wildman–Crippen LogP) is 2.10. The summed E-state index contributed by atoms with van der Waals surface area (Å²) in [5.74, 6) is 0.730. The first-order chi connectivity index (χ1) is 8.20. The molecule has 2 aromatic heterocycles. The summed E-state index contributed by atoms with van der Waals surface area (Å²) >= 11 is 1.64. The summed E-state index contributed by atoms with van der Waals surface area (Å²) < 4.78 is 5.25. The van der Waals surface area contributed by atoms with Crippen LogP contribution in [0.15, 0.2) is 23.8 Å². The monoisotopic (exact) mass is 249 g/mol. The number of rotatable bonds is 4. The van der Waals surface area contributed by atoms with Gasteiger partial charge in [-0.05, 0) is 13.0 Å². The minimum absolute atomic E-state index is 0.113. The number of pyridine rings is 1. The number of thiazole rings is 1. The van der Waals surface area contributed by atoms with Crippen LogP contribution in [-0.4, -0.2) is 17.1 Å². The van der Waals surface area contributed by atoms with Crippen LogP contribution in [0, 0.1) is 6.92 Å². The molecule has 0 saturated carbocycles. The molecule has 0 aliphatic carbocycles. The molecule has 0 aromatic carbocycles. The van der Waals surface area contributed by atoms with Crippen LogP contribution in [0.1, 0.15) is 22.3 Å². The Hall–Kier alpha value is -1.46. The van der Waals surface area contributed by atoms with Gasteiger partial charge in [-0.25, -0.2) is 4.98 Å². The summed E-state index contributed by atoms with van der Waals surface area (Å²) in [5, 5.41) is 3.08. The third-order valence-electron chi connectivity index (χ3n) is 2.50. The Kier molecular flexibility index (Phi) is 3.71. The van der Waals surface area contributed by atoms with Gasteiger partial charge in [0.25, 0.3) is 0 Å². The summed E-state index contributed by atoms with van der Waals surface area (Å²) in [6.45, 7) is 1.98. The van der Waals surface area contributed by atoms with Crippen LogP contribution in [-0.2, 0) is 6.42 Å². The molecule has 2 heterocycles. The summed E-state index contributed by atoms with van der Waals surface area (Å²) in [6.07, 6.45) is 4.13. The van der Waals surface area contributed by atoms with Crippen LogP contribution in [0.5, 0.6) is 5.75 Å². The van der Waals surface area contributed by atoms with E-state index in [2.05, 4.69) is 9.97 Å². The lowest BCUT2D eigenvalue weighted by Gasteiger charge is -2.13. The maximum Gasteiger partial charge on any atom is 0.141 e. The second-order valence-electron chi connectivity index (χ2n) is 3.81. The SMILES string of the molecule is COc1cnccc1C(N)Cc1nc(C)cs1. The second-order valence-corrected chi connectivity index (χ2v) is 4.75. The number of nitrogens with zero attached hydrogens (tertiary/aromatic N) is 2. The Morgan fingerprint density at radius 1 is 1.53 bits per heavy atom. The standard InChI is InChI=1S/C12H15N3OS/c1-8-7-17-12(15-8)5-10(13)9-3-4-14-6-11(9)16-2/h3-4,6-7,10H,5,13H2,1-2H3. The number of nitrogens with two attached hydrogens (primary N) is 1. The molecule has 2 rings (SSSR count). The summed E-state index contributed by atoms with van der Waals surface area (Å²) in [5.41, 5.74) is 8.18. The van der Waals surface area contributed by atoms with Crippen molar-refractivity contribution in [2.24, 2.45) is 5.73 Å². The van der Waals surface area contributed by atoms with E-state index in [0.717, 1.165) is 28.4 Å². The molecule has 0 aliphatic rings. The van der Waals surface area contributed by atoms with Gasteiger partial charge in [0.15, 0.2) is 0 Å². The maximum atomic E-state index is 6.17. The summed E-state index contributed by atoms with van der Waals surface area (Å²) in [7, 11) is 1.63. The number of hydrogen-bond donors (Lipinski definition) is 1. The number of methoxy groups -OCH3 is 1. The molecule has 5 heteroatoms. The van der Waals surface area contributed by atoms with Crippen molar-refractivity contribution in [1.82, 2.24) is 9.97 Å². The molecular formula is C12H15N3OS. The zero-order valence-corrected chi connectivity index (χ0v) is 10.7. The first-order valence-corrected chi connectivity index (χ1v) is 6.23. The van der Waals surface area contributed by atoms with E-state index in [-0.39, 0.29) is 6.04 Å². The molecule has 2 N–H and O–H groups in total. The maximum absolute atomic E-state index is 6.17. The first kappa shape index (κ1) is 12.0. The van der Waals surface area contributed by atoms with Crippen molar-refractivity contribution in [3.05, 3.63) is 40.1 Å². The van der Waals surface area contributed by atoms with Gasteiger partial charge in [0.1, 0.15) is 5.75 Å². The van der Waals surface area contributed by atoms with Crippen LogP contribution in [0.2, 0.25) is 0 Å². The van der Waals surface area contributed by atoms with E-state index in [1.54, 1.807) is 30.8 Å². The lowest BCUT2D eigenvalue weighted by Crippen LogP contribution is -2.14. The highest BCUT2D eigenvalue weighted by molar-refractivity contribution is 7.09. The van der Waals surface area contributed by atoms with Crippen molar-refractivity contribution in [3.8, 4) is 5.75 Å². The topological polar surface area (TPSA) is 61.0 Å². The van der Waals surface area contributed by atoms with Gasteiger partial charge in [0.2, 0.25) is 0 Å². The molecule has 0 bridgehead atoms. The number of ether oxygens (including phenoxy) is 1. The van der Waals surface area contributed by atoms with E-state index < -0.39 is 0 Å². The van der Waals surface area contributed by atoms with Gasteiger partial charge in [0, 0.05) is 35.3 Å². The largest absolute Gasteiger partial charge is 0.495 e. The van der Waals surface area contributed by atoms with Crippen molar-refractivity contribution >= 4 is 11.3 Å². The van der Waals surface area contributed by atoms with E-state index in [1.807, 2.05) is 18.4 Å². The van der Waals surface area contributed by atoms with Crippen molar-refractivity contribution in [1.29, 1.82) is 0 Å². The van der Waals surface area contributed by atoms with Gasteiger partial charge >= 0.3 is 0 Å². The van der Waals surface area contributed by atoms with Crippen LogP contribution < -0.4 is 10.5 Å². The van der Waals surface area contributed by atoms with E-state index in [9.17, 15) is 0 Å². The highest BCUT2D eigenvalue weighted by atomic mass is 32.1. The van der Waals surface area contributed by atoms with Crippen molar-refractivity contribution in [3.63, 3.8) is 0 Å². The molecule has 0 spiro atoms. The van der Waals surface area contributed by atoms with Crippen LogP contribution >= 0.6 is 11.3 Å². The van der Waals surface area contributed by atoms with Crippen molar-refractivity contribution in [2.45, 2.75) is 19.4 Å². The molecule has 1 atom stereocenters. The molecule has 0 aliphatic heterocycles. The number of aryl methyl sites for hydroxylation is 1. The van der Waals surface area contributed by atoms with Gasteiger partial charge in [-0.2, -0.15) is 0 Å². The fraction of sp³-hybridized carbons (Fsp3) is 0.333. The van der Waals surface area contributed by atoms with Gasteiger partial charge in [-0.3, -0.25) is 4.98 Å². The quantitative estimate of drug-likeness (QED) is 0.901. The van der Waals surface area contributed by atoms with Gasteiger partial charge in [-0.1, -0.05) is 0 Å². The first-order valence-electron chi connectivity index (χ1n) is 5.35. The van der Waals surface area contributed by atoms with Crippen molar-refractivity contribution < 1.29 is 4.74 Å². The Labute approximate surface area is 104 Å². The van der Waals surface area contributed by atoms with Gasteiger partial charge < -0.3 is 10.5 Å². The molecule has 4 nitrogen and oxygen atoms in total. The van der Waals surface area contributed by atoms with Crippen LogP contribution in [0.4, 0.5) is 0 Å². The third kappa shape index (κ3) is 2.81. The molecular weight excluding hydrogens is 234 g/mol. The molecule has 1 unspecified atom stereocenters. The fourth-order valence-corrected chi connectivity index (χ4v) is 2.49. The lowest BCUT2D eigenvalue weighted by atomic mass is 10.1. The summed E-state index contributed by atoms with van der Waals surface area (Å²) in [6, 6.07) is 1.78. The Balaban J connectivity index is 2.16. The predicted molar refractivity (Wildman–Crippen MR) is 68.3 cm³/mol. The highest BCUT2D eigenvalue weighted by Gasteiger charge is 2.13. The van der Waals surface area contributed by atoms with E-state index in [4.69, 9.17) is 10.5 Å². The Morgan fingerprint density at radius 3 is 3.00 bits per heavy atom. The third-order valence-corrected chi connectivity index (χ3v) is 3.49. The molecule has 0 saturated heterocycles. The number of aromatic nitrogens is 2. The summed E-state index contributed by atoms with van der Waals surface area (Å²) in [4.78, 5) is 8.43. The van der Waals surface area contributed by atoms with Gasteiger partial charge in [-0.15, -0.1) is 11.3 Å². The normalized spacial score (nSPS) is 12.4. The number of hydrogen-bond acceptors (Lipinski definition) is 5. The average Bonchev–Trinajstić information content (AvgIpc) is 2.74. The highest BCUT2D eigenvalue weighted by Crippen LogP contribution is 2.25. The van der Waals surface area contributed by atoms with Crippen molar-refractivity contribution in [2.75, 3.05) is 7.11 Å². The smallest absolute Gasteiger partial charge is 0.141 e. The zero-order valence-electron chi connectivity index (χ0n) is 9.88. The minimum Gasteiger partial charge on any atom is -0.495 e. The lowest BCUT2D eigenvalue weighted by molar-refractivity contribution is 0.403. The van der Waals surface area contributed by atoms with E-state index >= 15 is 0 Å². The average molecular weight is 249 g/mol. The molecule has 0 radical (unpaired) electrons. The van der Waals surface area contributed by atoms with Gasteiger partial charge in [0.05, 0.1) is 18.3 Å². The Morgan fingerprint density at radius 2 is 2.35 bits per heavy atom.